The van der Waals surface area contributed by atoms with E-state index in [0.29, 0.717) is 36.5 Å². The highest BCUT2D eigenvalue weighted by Crippen LogP contribution is 2.30. The first-order valence-electron chi connectivity index (χ1n) is 5.53. The van der Waals surface area contributed by atoms with Crippen molar-refractivity contribution in [3.8, 4) is 0 Å². The van der Waals surface area contributed by atoms with E-state index >= 15 is 0 Å². The number of halogens is 1. The number of anilines is 1. The molecule has 0 radical (unpaired) electrons. The Labute approximate surface area is 111 Å². The van der Waals surface area contributed by atoms with Gasteiger partial charge in [-0.2, -0.15) is 12.7 Å². The van der Waals surface area contributed by atoms with E-state index in [1.54, 1.807) is 24.3 Å². The molecule has 1 aliphatic heterocycles. The van der Waals surface area contributed by atoms with Gasteiger partial charge in [0.05, 0.1) is 17.3 Å². The van der Waals surface area contributed by atoms with Crippen LogP contribution in [0.3, 0.4) is 0 Å². The topological polar surface area (TPSA) is 57.7 Å². The minimum atomic E-state index is -3.65. The number of rotatable bonds is 3. The summed E-state index contributed by atoms with van der Waals surface area (Å²) in [5, 5.41) is 0.383. The van der Waals surface area contributed by atoms with Gasteiger partial charge in [0.25, 0.3) is 0 Å². The first kappa shape index (κ1) is 13.3. The zero-order valence-corrected chi connectivity index (χ0v) is 11.2. The van der Waals surface area contributed by atoms with Crippen molar-refractivity contribution in [1.29, 1.82) is 0 Å². The largest absolute Gasteiger partial charge is 0.304 e. The number of aldehydes is 1. The fraction of sp³-hybridized carbons (Fsp3) is 0.364. The molecule has 0 unspecified atom stereocenters. The number of nitrogens with zero attached hydrogens (tertiary/aromatic N) is 2. The molecule has 0 amide bonds. The van der Waals surface area contributed by atoms with Gasteiger partial charge in [0.2, 0.25) is 0 Å². The Bertz CT molecular complexity index is 547. The van der Waals surface area contributed by atoms with Gasteiger partial charge in [-0.15, -0.1) is 0 Å². The summed E-state index contributed by atoms with van der Waals surface area (Å²) in [5.74, 6) is 0. The molecule has 0 atom stereocenters. The molecule has 7 heteroatoms. The number of para-hydroxylation sites is 1. The van der Waals surface area contributed by atoms with Crippen LogP contribution in [-0.4, -0.2) is 38.6 Å². The summed E-state index contributed by atoms with van der Waals surface area (Å²) >= 11 is 6.02. The summed E-state index contributed by atoms with van der Waals surface area (Å²) in [6, 6.07) is 6.77. The Kier molecular flexibility index (Phi) is 3.89. The van der Waals surface area contributed by atoms with Gasteiger partial charge in [-0.3, -0.25) is 4.31 Å². The normalized spacial score (nSPS) is 19.7. The van der Waals surface area contributed by atoms with Crippen LogP contribution in [0.2, 0.25) is 5.02 Å². The molecule has 1 aliphatic rings. The summed E-state index contributed by atoms with van der Waals surface area (Å²) in [6.07, 6.45) is 1.26. The Hall–Kier alpha value is -1.11. The molecule has 1 aromatic rings. The average molecular weight is 289 g/mol. The Morgan fingerprint density at radius 2 is 2.00 bits per heavy atom. The maximum absolute atomic E-state index is 12.3. The van der Waals surface area contributed by atoms with Gasteiger partial charge < -0.3 is 4.79 Å². The van der Waals surface area contributed by atoms with Crippen molar-refractivity contribution >= 4 is 33.8 Å². The molecular formula is C11H13ClN2O3S. The molecule has 98 valence electrons. The summed E-state index contributed by atoms with van der Waals surface area (Å²) in [7, 11) is -3.65. The van der Waals surface area contributed by atoms with E-state index in [0.717, 1.165) is 4.31 Å². The number of carbonyl (C=O) groups excluding carboxylic acids is 1. The van der Waals surface area contributed by atoms with Crippen molar-refractivity contribution in [2.45, 2.75) is 6.42 Å². The van der Waals surface area contributed by atoms with E-state index in [1.165, 1.54) is 4.31 Å². The second kappa shape index (κ2) is 5.26. The number of hydrogen-bond acceptors (Lipinski definition) is 3. The maximum atomic E-state index is 12.3. The van der Waals surface area contributed by atoms with Crippen molar-refractivity contribution < 1.29 is 13.2 Å². The highest BCUT2D eigenvalue weighted by Gasteiger charge is 2.34. The van der Waals surface area contributed by atoms with E-state index in [1.807, 2.05) is 0 Å². The van der Waals surface area contributed by atoms with Crippen LogP contribution in [0.4, 0.5) is 5.69 Å². The first-order chi connectivity index (χ1) is 8.57. The van der Waals surface area contributed by atoms with E-state index in [2.05, 4.69) is 0 Å². The lowest BCUT2D eigenvalue weighted by atomic mass is 10.3. The molecule has 0 N–H and O–H groups in total. The molecule has 0 saturated carbocycles. The number of carbonyl (C=O) groups is 1. The second-order valence-electron chi connectivity index (χ2n) is 3.91. The molecular weight excluding hydrogens is 276 g/mol. The second-order valence-corrected chi connectivity index (χ2v) is 6.17. The highest BCUT2D eigenvalue weighted by atomic mass is 35.5. The summed E-state index contributed by atoms with van der Waals surface area (Å²) in [4.78, 5) is 10.5. The Balaban J connectivity index is 2.39. The van der Waals surface area contributed by atoms with Crippen LogP contribution in [0.5, 0.6) is 0 Å². The Morgan fingerprint density at radius 1 is 1.28 bits per heavy atom. The SMILES string of the molecule is O=CCN1CCCN(c2ccccc2Cl)S1(=O)=O. The quantitative estimate of drug-likeness (QED) is 0.788. The minimum Gasteiger partial charge on any atom is -0.302 e. The summed E-state index contributed by atoms with van der Waals surface area (Å²) < 4.78 is 27.0. The molecule has 1 heterocycles. The van der Waals surface area contributed by atoms with Gasteiger partial charge in [0.1, 0.15) is 6.29 Å². The fourth-order valence-corrected chi connectivity index (χ4v) is 3.87. The average Bonchev–Trinajstić information content (AvgIpc) is 2.33. The van der Waals surface area contributed by atoms with Crippen LogP contribution in [0, 0.1) is 0 Å². The predicted octanol–water partition coefficient (Wildman–Crippen LogP) is 1.30. The van der Waals surface area contributed by atoms with Crippen LogP contribution in [-0.2, 0) is 15.0 Å². The minimum absolute atomic E-state index is 0.122. The van der Waals surface area contributed by atoms with Crippen LogP contribution in [0.1, 0.15) is 6.42 Å². The van der Waals surface area contributed by atoms with Gasteiger partial charge >= 0.3 is 10.2 Å². The Morgan fingerprint density at radius 3 is 2.67 bits per heavy atom. The lowest BCUT2D eigenvalue weighted by Gasteiger charge is -2.35. The fourth-order valence-electron chi connectivity index (χ4n) is 1.93. The summed E-state index contributed by atoms with van der Waals surface area (Å²) in [5.41, 5.74) is 0.453. The molecule has 18 heavy (non-hydrogen) atoms. The van der Waals surface area contributed by atoms with Gasteiger partial charge in [-0.25, -0.2) is 0 Å². The molecule has 1 fully saturated rings. The predicted molar refractivity (Wildman–Crippen MR) is 70.0 cm³/mol. The molecule has 0 bridgehead atoms. The van der Waals surface area contributed by atoms with Crippen molar-refractivity contribution in [1.82, 2.24) is 4.31 Å². The van der Waals surface area contributed by atoms with E-state index in [4.69, 9.17) is 11.6 Å². The van der Waals surface area contributed by atoms with Gasteiger partial charge in [-0.1, -0.05) is 23.7 Å². The van der Waals surface area contributed by atoms with E-state index in [-0.39, 0.29) is 6.54 Å². The van der Waals surface area contributed by atoms with Crippen LogP contribution in [0.15, 0.2) is 24.3 Å². The van der Waals surface area contributed by atoms with Crippen molar-refractivity contribution in [3.05, 3.63) is 29.3 Å². The van der Waals surface area contributed by atoms with Crippen LogP contribution in [0.25, 0.3) is 0 Å². The van der Waals surface area contributed by atoms with Crippen LogP contribution >= 0.6 is 11.6 Å². The number of hydrogen-bond donors (Lipinski definition) is 0. The molecule has 2 rings (SSSR count). The summed E-state index contributed by atoms with van der Waals surface area (Å²) in [6.45, 7) is 0.618. The molecule has 0 spiro atoms. The van der Waals surface area contributed by atoms with Gasteiger partial charge in [-0.05, 0) is 18.6 Å². The third-order valence-electron chi connectivity index (χ3n) is 2.77. The van der Waals surface area contributed by atoms with Gasteiger partial charge in [0.15, 0.2) is 0 Å². The third kappa shape index (κ3) is 2.36. The van der Waals surface area contributed by atoms with Crippen molar-refractivity contribution in [2.24, 2.45) is 0 Å². The molecule has 5 nitrogen and oxygen atoms in total. The van der Waals surface area contributed by atoms with Crippen LogP contribution < -0.4 is 4.31 Å². The third-order valence-corrected chi connectivity index (χ3v) is 5.01. The highest BCUT2D eigenvalue weighted by molar-refractivity contribution is 7.90. The zero-order valence-electron chi connectivity index (χ0n) is 9.62. The van der Waals surface area contributed by atoms with E-state index < -0.39 is 10.2 Å². The zero-order chi connectivity index (χ0) is 13.2. The monoisotopic (exact) mass is 288 g/mol. The standard InChI is InChI=1S/C11H13ClN2O3S/c12-10-4-1-2-5-11(10)14-7-3-6-13(8-9-15)18(14,16)17/h1-2,4-5,9H,3,6-8H2. The molecule has 0 aromatic heterocycles. The molecule has 0 aliphatic carbocycles. The van der Waals surface area contributed by atoms with Crippen molar-refractivity contribution in [3.63, 3.8) is 0 Å². The smallest absolute Gasteiger partial charge is 0.302 e. The van der Waals surface area contributed by atoms with Gasteiger partial charge in [0, 0.05) is 13.1 Å². The lowest BCUT2D eigenvalue weighted by molar-refractivity contribution is -0.108. The lowest BCUT2D eigenvalue weighted by Crippen LogP contribution is -2.50. The molecule has 1 aromatic carbocycles. The molecule has 1 saturated heterocycles. The van der Waals surface area contributed by atoms with Crippen molar-refractivity contribution in [2.75, 3.05) is 23.9 Å². The number of benzene rings is 1. The maximum Gasteiger partial charge on any atom is 0.304 e. The first-order valence-corrected chi connectivity index (χ1v) is 7.31. The van der Waals surface area contributed by atoms with E-state index in [9.17, 15) is 13.2 Å².